The number of aryl methyl sites for hydroxylation is 2. The van der Waals surface area contributed by atoms with E-state index in [0.29, 0.717) is 18.8 Å². The van der Waals surface area contributed by atoms with E-state index in [9.17, 15) is 13.2 Å². The van der Waals surface area contributed by atoms with Crippen LogP contribution >= 0.6 is 0 Å². The first-order valence-electron chi connectivity index (χ1n) is 9.78. The number of sulfonamides is 1. The molecule has 1 amide bonds. The van der Waals surface area contributed by atoms with Crippen LogP contribution in [0.5, 0.6) is 5.75 Å². The fourth-order valence-corrected chi connectivity index (χ4v) is 4.39. The van der Waals surface area contributed by atoms with Crippen LogP contribution in [-0.4, -0.2) is 39.8 Å². The van der Waals surface area contributed by atoms with Crippen LogP contribution in [0.2, 0.25) is 0 Å². The van der Waals surface area contributed by atoms with Crippen molar-refractivity contribution in [3.05, 3.63) is 59.7 Å². The van der Waals surface area contributed by atoms with Crippen LogP contribution in [0.3, 0.4) is 0 Å². The van der Waals surface area contributed by atoms with Crippen molar-refractivity contribution in [2.45, 2.75) is 39.7 Å². The molecule has 0 spiro atoms. The first kappa shape index (κ1) is 22.7. The molecule has 0 bridgehead atoms. The summed E-state index contributed by atoms with van der Waals surface area (Å²) in [4.78, 5) is 12.6. The SMILES string of the molecule is CCOc1ccccc1CCCNC(=O)[C@@H](C)N(c1cccc(C)c1)S(C)(=O)=O. The van der Waals surface area contributed by atoms with Gasteiger partial charge in [0.05, 0.1) is 18.6 Å². The van der Waals surface area contributed by atoms with Crippen LogP contribution in [0.25, 0.3) is 0 Å². The molecule has 0 aliphatic carbocycles. The molecular formula is C22H30N2O4S. The van der Waals surface area contributed by atoms with Gasteiger partial charge in [0.25, 0.3) is 0 Å². The van der Waals surface area contributed by atoms with Crippen molar-refractivity contribution in [2.75, 3.05) is 23.7 Å². The third-order valence-electron chi connectivity index (χ3n) is 4.54. The summed E-state index contributed by atoms with van der Waals surface area (Å²) in [5.74, 6) is 0.535. The van der Waals surface area contributed by atoms with Gasteiger partial charge in [0.15, 0.2) is 0 Å². The summed E-state index contributed by atoms with van der Waals surface area (Å²) in [5.41, 5.74) is 2.51. The second-order valence-corrected chi connectivity index (χ2v) is 8.87. The zero-order valence-corrected chi connectivity index (χ0v) is 18.3. The number of hydrogen-bond donors (Lipinski definition) is 1. The molecule has 29 heavy (non-hydrogen) atoms. The van der Waals surface area contributed by atoms with Crippen LogP contribution in [-0.2, 0) is 21.2 Å². The highest BCUT2D eigenvalue weighted by atomic mass is 32.2. The van der Waals surface area contributed by atoms with E-state index in [-0.39, 0.29) is 5.91 Å². The average Bonchev–Trinajstić information content (AvgIpc) is 2.65. The van der Waals surface area contributed by atoms with E-state index in [1.165, 1.54) is 4.31 Å². The van der Waals surface area contributed by atoms with E-state index in [4.69, 9.17) is 4.74 Å². The number of amides is 1. The van der Waals surface area contributed by atoms with Crippen LogP contribution in [0.15, 0.2) is 48.5 Å². The zero-order chi connectivity index (χ0) is 21.4. The quantitative estimate of drug-likeness (QED) is 0.601. The minimum absolute atomic E-state index is 0.324. The first-order valence-corrected chi connectivity index (χ1v) is 11.6. The molecule has 2 aromatic rings. The Labute approximate surface area is 173 Å². The number of rotatable bonds is 10. The van der Waals surface area contributed by atoms with Gasteiger partial charge in [0, 0.05) is 6.54 Å². The van der Waals surface area contributed by atoms with Gasteiger partial charge in [-0.05, 0) is 62.9 Å². The van der Waals surface area contributed by atoms with Crippen molar-refractivity contribution in [1.29, 1.82) is 0 Å². The predicted molar refractivity (Wildman–Crippen MR) is 117 cm³/mol. The maximum atomic E-state index is 12.6. The highest BCUT2D eigenvalue weighted by Crippen LogP contribution is 2.22. The fraction of sp³-hybridized carbons (Fsp3) is 0.409. The number of carbonyl (C=O) groups excluding carboxylic acids is 1. The topological polar surface area (TPSA) is 75.7 Å². The highest BCUT2D eigenvalue weighted by molar-refractivity contribution is 7.92. The molecule has 1 atom stereocenters. The Balaban J connectivity index is 1.98. The summed E-state index contributed by atoms with van der Waals surface area (Å²) in [7, 11) is -3.61. The number of nitrogens with zero attached hydrogens (tertiary/aromatic N) is 1. The molecule has 1 N–H and O–H groups in total. The van der Waals surface area contributed by atoms with Gasteiger partial charge in [0.2, 0.25) is 15.9 Å². The number of hydrogen-bond acceptors (Lipinski definition) is 4. The Morgan fingerprint density at radius 3 is 2.55 bits per heavy atom. The Hall–Kier alpha value is -2.54. The molecule has 6 nitrogen and oxygen atoms in total. The van der Waals surface area contributed by atoms with Crippen LogP contribution in [0.4, 0.5) is 5.69 Å². The van der Waals surface area contributed by atoms with Gasteiger partial charge in [-0.25, -0.2) is 8.42 Å². The van der Waals surface area contributed by atoms with Crippen LogP contribution < -0.4 is 14.4 Å². The molecule has 0 fully saturated rings. The lowest BCUT2D eigenvalue weighted by Crippen LogP contribution is -2.48. The Morgan fingerprint density at radius 1 is 1.17 bits per heavy atom. The molecule has 0 saturated carbocycles. The molecule has 0 unspecified atom stereocenters. The van der Waals surface area contributed by atoms with E-state index < -0.39 is 16.1 Å². The van der Waals surface area contributed by atoms with E-state index in [1.807, 2.05) is 44.2 Å². The lowest BCUT2D eigenvalue weighted by Gasteiger charge is -2.28. The third-order valence-corrected chi connectivity index (χ3v) is 5.78. The standard InChI is InChI=1S/C22H30N2O4S/c1-5-28-21-14-7-6-11-19(21)12-9-15-23-22(25)18(3)24(29(4,26)27)20-13-8-10-17(2)16-20/h6-8,10-11,13-14,16,18H,5,9,12,15H2,1-4H3,(H,23,25)/t18-/m1/s1. The summed E-state index contributed by atoms with van der Waals surface area (Å²) in [5, 5.41) is 2.86. The van der Waals surface area contributed by atoms with E-state index in [1.54, 1.807) is 25.1 Å². The predicted octanol–water partition coefficient (Wildman–Crippen LogP) is 3.30. The van der Waals surface area contributed by atoms with Gasteiger partial charge in [-0.2, -0.15) is 0 Å². The fourth-order valence-electron chi connectivity index (χ4n) is 3.22. The molecule has 0 heterocycles. The lowest BCUT2D eigenvalue weighted by atomic mass is 10.1. The average molecular weight is 419 g/mol. The molecule has 0 radical (unpaired) electrons. The Bertz CT molecular complexity index is 928. The molecule has 0 saturated heterocycles. The maximum Gasteiger partial charge on any atom is 0.243 e. The van der Waals surface area contributed by atoms with Gasteiger partial charge in [-0.1, -0.05) is 30.3 Å². The second kappa shape index (κ2) is 10.3. The number of nitrogens with one attached hydrogen (secondary N) is 1. The highest BCUT2D eigenvalue weighted by Gasteiger charge is 2.28. The van der Waals surface area contributed by atoms with Gasteiger partial charge in [0.1, 0.15) is 11.8 Å². The van der Waals surface area contributed by atoms with Crippen molar-refractivity contribution < 1.29 is 17.9 Å². The zero-order valence-electron chi connectivity index (χ0n) is 17.5. The largest absolute Gasteiger partial charge is 0.494 e. The number of ether oxygens (including phenoxy) is 1. The maximum absolute atomic E-state index is 12.6. The summed E-state index contributed by atoms with van der Waals surface area (Å²) in [6, 6.07) is 14.1. The molecule has 7 heteroatoms. The number of anilines is 1. The number of benzene rings is 2. The Morgan fingerprint density at radius 2 is 1.90 bits per heavy atom. The molecule has 0 aliphatic heterocycles. The summed E-state index contributed by atoms with van der Waals surface area (Å²) < 4.78 is 31.5. The lowest BCUT2D eigenvalue weighted by molar-refractivity contribution is -0.121. The van der Waals surface area contributed by atoms with Gasteiger partial charge >= 0.3 is 0 Å². The molecule has 0 aromatic heterocycles. The van der Waals surface area contributed by atoms with Gasteiger partial charge < -0.3 is 10.1 Å². The van der Waals surface area contributed by atoms with Crippen molar-refractivity contribution >= 4 is 21.6 Å². The Kier molecular flexibility index (Phi) is 8.08. The van der Waals surface area contributed by atoms with Crippen molar-refractivity contribution in [2.24, 2.45) is 0 Å². The normalized spacial score (nSPS) is 12.3. The molecule has 0 aliphatic rings. The smallest absolute Gasteiger partial charge is 0.243 e. The van der Waals surface area contributed by atoms with Crippen LogP contribution in [0.1, 0.15) is 31.4 Å². The summed E-state index contributed by atoms with van der Waals surface area (Å²) >= 11 is 0. The molecule has 2 aromatic carbocycles. The number of para-hydroxylation sites is 1. The minimum atomic E-state index is -3.61. The first-order chi connectivity index (χ1) is 13.7. The minimum Gasteiger partial charge on any atom is -0.494 e. The van der Waals surface area contributed by atoms with Crippen molar-refractivity contribution in [1.82, 2.24) is 5.32 Å². The second-order valence-electron chi connectivity index (χ2n) is 7.01. The van der Waals surface area contributed by atoms with Crippen molar-refractivity contribution in [3.63, 3.8) is 0 Å². The molecule has 2 rings (SSSR count). The van der Waals surface area contributed by atoms with E-state index >= 15 is 0 Å². The van der Waals surface area contributed by atoms with Gasteiger partial charge in [-0.3, -0.25) is 9.10 Å². The summed E-state index contributed by atoms with van der Waals surface area (Å²) in [6.45, 7) is 6.48. The van der Waals surface area contributed by atoms with E-state index in [0.717, 1.165) is 36.0 Å². The molecular weight excluding hydrogens is 388 g/mol. The third kappa shape index (κ3) is 6.49. The van der Waals surface area contributed by atoms with E-state index in [2.05, 4.69) is 5.32 Å². The monoisotopic (exact) mass is 418 g/mol. The van der Waals surface area contributed by atoms with Crippen molar-refractivity contribution in [3.8, 4) is 5.75 Å². The number of carbonyl (C=O) groups is 1. The summed E-state index contributed by atoms with van der Waals surface area (Å²) in [6.07, 6.45) is 2.61. The van der Waals surface area contributed by atoms with Gasteiger partial charge in [-0.15, -0.1) is 0 Å². The van der Waals surface area contributed by atoms with Crippen LogP contribution in [0, 0.1) is 6.92 Å². The molecule has 158 valence electrons.